The molecule has 0 radical (unpaired) electrons. The molecule has 0 saturated carbocycles. The molecular formula is C12H19N3O3. The molecule has 0 aromatic carbocycles. The molecule has 1 atom stereocenters. The van der Waals surface area contributed by atoms with E-state index in [1.165, 1.54) is 6.92 Å². The molecule has 1 rings (SSSR count). The first-order chi connectivity index (χ1) is 8.21. The van der Waals surface area contributed by atoms with E-state index in [0.29, 0.717) is 0 Å². The van der Waals surface area contributed by atoms with Crippen LogP contribution in [0.5, 0.6) is 0 Å². The Hall–Kier alpha value is -1.85. The molecule has 0 aliphatic carbocycles. The Morgan fingerprint density at radius 3 is 2.56 bits per heavy atom. The number of nitrogens with one attached hydrogen (secondary N) is 2. The van der Waals surface area contributed by atoms with Crippen LogP contribution in [0.2, 0.25) is 0 Å². The molecule has 0 aliphatic heterocycles. The molecule has 0 unspecified atom stereocenters. The van der Waals surface area contributed by atoms with Crippen molar-refractivity contribution in [2.75, 3.05) is 6.54 Å². The average Bonchev–Trinajstić information content (AvgIpc) is 2.73. The van der Waals surface area contributed by atoms with E-state index in [9.17, 15) is 9.59 Å². The van der Waals surface area contributed by atoms with Crippen LogP contribution in [0.25, 0.3) is 0 Å². The normalized spacial score (nSPS) is 13.1. The topological polar surface area (TPSA) is 95.1 Å². The van der Waals surface area contributed by atoms with Crippen LogP contribution in [0.1, 0.15) is 43.9 Å². The SMILES string of the molecule is C[C@H](CNC(=O)c1cc(C(C)(C)C)[nH]n1)C(=O)O. The van der Waals surface area contributed by atoms with Crippen molar-refractivity contribution in [3.8, 4) is 0 Å². The quantitative estimate of drug-likeness (QED) is 0.750. The van der Waals surface area contributed by atoms with Crippen molar-refractivity contribution in [1.29, 1.82) is 0 Å². The lowest BCUT2D eigenvalue weighted by molar-refractivity contribution is -0.140. The number of amides is 1. The molecular weight excluding hydrogens is 234 g/mol. The van der Waals surface area contributed by atoms with Crippen LogP contribution < -0.4 is 5.32 Å². The van der Waals surface area contributed by atoms with E-state index in [0.717, 1.165) is 5.69 Å². The number of rotatable bonds is 4. The van der Waals surface area contributed by atoms with Gasteiger partial charge in [0.1, 0.15) is 5.69 Å². The van der Waals surface area contributed by atoms with Gasteiger partial charge in [0.05, 0.1) is 5.92 Å². The zero-order valence-electron chi connectivity index (χ0n) is 11.1. The first kappa shape index (κ1) is 14.2. The van der Waals surface area contributed by atoms with Crippen molar-refractivity contribution in [2.45, 2.75) is 33.1 Å². The number of aromatic nitrogens is 2. The van der Waals surface area contributed by atoms with E-state index in [1.807, 2.05) is 20.8 Å². The van der Waals surface area contributed by atoms with E-state index in [2.05, 4.69) is 15.5 Å². The highest BCUT2D eigenvalue weighted by molar-refractivity contribution is 5.92. The fourth-order valence-electron chi connectivity index (χ4n) is 1.25. The molecule has 1 aromatic rings. The molecule has 6 nitrogen and oxygen atoms in total. The Bertz CT molecular complexity index is 446. The second-order valence-corrected chi connectivity index (χ2v) is 5.37. The number of nitrogens with zero attached hydrogens (tertiary/aromatic N) is 1. The predicted octanol–water partition coefficient (Wildman–Crippen LogP) is 1.16. The maximum atomic E-state index is 11.7. The molecule has 100 valence electrons. The van der Waals surface area contributed by atoms with Crippen molar-refractivity contribution in [1.82, 2.24) is 15.5 Å². The highest BCUT2D eigenvalue weighted by Gasteiger charge is 2.20. The van der Waals surface area contributed by atoms with E-state index in [4.69, 9.17) is 5.11 Å². The van der Waals surface area contributed by atoms with Crippen LogP contribution in [-0.4, -0.2) is 33.7 Å². The number of carbonyl (C=O) groups is 2. The van der Waals surface area contributed by atoms with Gasteiger partial charge in [0, 0.05) is 17.7 Å². The smallest absolute Gasteiger partial charge is 0.308 e. The molecule has 1 aromatic heterocycles. The van der Waals surface area contributed by atoms with Crippen molar-refractivity contribution in [3.63, 3.8) is 0 Å². The minimum Gasteiger partial charge on any atom is -0.481 e. The molecule has 3 N–H and O–H groups in total. The molecule has 0 aliphatic rings. The van der Waals surface area contributed by atoms with Crippen LogP contribution in [0, 0.1) is 5.92 Å². The monoisotopic (exact) mass is 253 g/mol. The third kappa shape index (κ3) is 3.58. The van der Waals surface area contributed by atoms with Gasteiger partial charge in [-0.05, 0) is 6.07 Å². The first-order valence-electron chi connectivity index (χ1n) is 5.78. The van der Waals surface area contributed by atoms with Crippen LogP contribution >= 0.6 is 0 Å². The third-order valence-corrected chi connectivity index (χ3v) is 2.61. The van der Waals surface area contributed by atoms with Crippen LogP contribution in [0.15, 0.2) is 6.07 Å². The highest BCUT2D eigenvalue weighted by Crippen LogP contribution is 2.20. The third-order valence-electron chi connectivity index (χ3n) is 2.61. The van der Waals surface area contributed by atoms with Gasteiger partial charge in [-0.2, -0.15) is 5.10 Å². The number of carboxylic acids is 1. The summed E-state index contributed by atoms with van der Waals surface area (Å²) in [6, 6.07) is 1.68. The zero-order valence-corrected chi connectivity index (χ0v) is 11.1. The maximum Gasteiger partial charge on any atom is 0.308 e. The lowest BCUT2D eigenvalue weighted by atomic mass is 9.92. The van der Waals surface area contributed by atoms with E-state index in [-0.39, 0.29) is 23.6 Å². The summed E-state index contributed by atoms with van der Waals surface area (Å²) in [4.78, 5) is 22.3. The van der Waals surface area contributed by atoms with E-state index >= 15 is 0 Å². The molecule has 0 fully saturated rings. The molecule has 1 heterocycles. The Labute approximate surface area is 106 Å². The molecule has 0 bridgehead atoms. The fraction of sp³-hybridized carbons (Fsp3) is 0.583. The van der Waals surface area contributed by atoms with Gasteiger partial charge < -0.3 is 10.4 Å². The largest absolute Gasteiger partial charge is 0.481 e. The number of aliphatic carboxylic acids is 1. The van der Waals surface area contributed by atoms with E-state index in [1.54, 1.807) is 6.07 Å². The molecule has 18 heavy (non-hydrogen) atoms. The number of carboxylic acid groups (broad SMARTS) is 1. The molecule has 1 amide bonds. The summed E-state index contributed by atoms with van der Waals surface area (Å²) in [7, 11) is 0. The van der Waals surface area contributed by atoms with Crippen LogP contribution in [0.3, 0.4) is 0 Å². The summed E-state index contributed by atoms with van der Waals surface area (Å²) in [5.41, 5.74) is 1.02. The number of H-pyrrole nitrogens is 1. The van der Waals surface area contributed by atoms with Crippen LogP contribution in [-0.2, 0) is 10.2 Å². The number of hydrogen-bond acceptors (Lipinski definition) is 3. The van der Waals surface area contributed by atoms with Gasteiger partial charge in [-0.3, -0.25) is 14.7 Å². The van der Waals surface area contributed by atoms with Gasteiger partial charge in [0.25, 0.3) is 5.91 Å². The maximum absolute atomic E-state index is 11.7. The highest BCUT2D eigenvalue weighted by atomic mass is 16.4. The van der Waals surface area contributed by atoms with Gasteiger partial charge in [0.2, 0.25) is 0 Å². The fourth-order valence-corrected chi connectivity index (χ4v) is 1.25. The summed E-state index contributed by atoms with van der Waals surface area (Å²) < 4.78 is 0. The Morgan fingerprint density at radius 2 is 2.11 bits per heavy atom. The first-order valence-corrected chi connectivity index (χ1v) is 5.78. The van der Waals surface area contributed by atoms with Crippen molar-refractivity contribution in [3.05, 3.63) is 17.5 Å². The standard InChI is InChI=1S/C12H19N3O3/c1-7(11(17)18)6-13-10(16)8-5-9(15-14-8)12(2,3)4/h5,7H,6H2,1-4H3,(H,13,16)(H,14,15)(H,17,18)/t7-/m1/s1. The Morgan fingerprint density at radius 1 is 1.50 bits per heavy atom. The average molecular weight is 253 g/mol. The number of carbonyl (C=O) groups excluding carboxylic acids is 1. The van der Waals surface area contributed by atoms with E-state index < -0.39 is 11.9 Å². The lowest BCUT2D eigenvalue weighted by Crippen LogP contribution is -2.31. The second kappa shape index (κ2) is 5.20. The minimum atomic E-state index is -0.937. The van der Waals surface area contributed by atoms with Crippen molar-refractivity contribution >= 4 is 11.9 Å². The summed E-state index contributed by atoms with van der Waals surface area (Å²) in [6.45, 7) is 7.65. The zero-order chi connectivity index (χ0) is 13.9. The van der Waals surface area contributed by atoms with Crippen molar-refractivity contribution in [2.24, 2.45) is 5.92 Å². The molecule has 0 spiro atoms. The van der Waals surface area contributed by atoms with Gasteiger partial charge in [-0.25, -0.2) is 0 Å². The second-order valence-electron chi connectivity index (χ2n) is 5.37. The van der Waals surface area contributed by atoms with Gasteiger partial charge in [-0.1, -0.05) is 27.7 Å². The number of aromatic amines is 1. The lowest BCUT2D eigenvalue weighted by Gasteiger charge is -2.14. The van der Waals surface area contributed by atoms with Crippen molar-refractivity contribution < 1.29 is 14.7 Å². The summed E-state index contributed by atoms with van der Waals surface area (Å²) in [6.07, 6.45) is 0. The van der Waals surface area contributed by atoms with Crippen LogP contribution in [0.4, 0.5) is 0 Å². The summed E-state index contributed by atoms with van der Waals surface area (Å²) >= 11 is 0. The predicted molar refractivity (Wildman–Crippen MR) is 66.4 cm³/mol. The summed E-state index contributed by atoms with van der Waals surface area (Å²) in [5.74, 6) is -1.92. The molecule has 0 saturated heterocycles. The summed E-state index contributed by atoms with van der Waals surface area (Å²) in [5, 5.41) is 18.0. The van der Waals surface area contributed by atoms with Gasteiger partial charge in [-0.15, -0.1) is 0 Å². The van der Waals surface area contributed by atoms with Gasteiger partial charge in [0.15, 0.2) is 0 Å². The minimum absolute atomic E-state index is 0.0892. The Balaban J connectivity index is 2.63. The Kier molecular flexibility index (Phi) is 4.11. The van der Waals surface area contributed by atoms with Gasteiger partial charge >= 0.3 is 5.97 Å². The molecule has 6 heteroatoms. The number of hydrogen-bond donors (Lipinski definition) is 3.